The van der Waals surface area contributed by atoms with Gasteiger partial charge in [-0.2, -0.15) is 0 Å². The fourth-order valence-corrected chi connectivity index (χ4v) is 6.41. The minimum atomic E-state index is -0.470. The summed E-state index contributed by atoms with van der Waals surface area (Å²) in [5.74, 6) is 0. The summed E-state index contributed by atoms with van der Waals surface area (Å²) in [6, 6.07) is 31.5. The van der Waals surface area contributed by atoms with Crippen molar-refractivity contribution >= 4 is 65.0 Å². The first-order valence-corrected chi connectivity index (χ1v) is 13.5. The van der Waals surface area contributed by atoms with Crippen LogP contribution in [0.5, 0.6) is 0 Å². The maximum Gasteiger partial charge on any atom is 0.136 e. The molecule has 0 atom stereocenters. The normalized spacial score (nSPS) is 14.3. The standard InChI is InChI=1S/C40H24O/c1-2-13-27-24-37-35(23-26(27)12-1)40-34(21-10-22-36(40)41-37)39-32-18-7-5-16-30(32)38(31-17-6-8-19-33(31)39)29-20-9-14-25-11-3-4-15-28(25)29/h1-24H/i3D,4D,9D,11D,14D,15D,20D. The first-order chi connectivity index (χ1) is 23.3. The van der Waals surface area contributed by atoms with Crippen molar-refractivity contribution < 1.29 is 14.0 Å². The Kier molecular flexibility index (Phi) is 3.47. The summed E-state index contributed by atoms with van der Waals surface area (Å²) in [5.41, 5.74) is 4.30. The Balaban J connectivity index is 1.49. The molecule has 0 saturated heterocycles. The van der Waals surface area contributed by atoms with Crippen LogP contribution in [0.25, 0.3) is 87.3 Å². The van der Waals surface area contributed by atoms with Crippen LogP contribution in [0, 0.1) is 0 Å². The van der Waals surface area contributed by atoms with Crippen LogP contribution in [-0.4, -0.2) is 0 Å². The van der Waals surface area contributed by atoms with E-state index in [4.69, 9.17) is 12.6 Å². The summed E-state index contributed by atoms with van der Waals surface area (Å²) >= 11 is 0. The summed E-state index contributed by atoms with van der Waals surface area (Å²) in [5, 5.41) is 7.48. The highest BCUT2D eigenvalue weighted by Crippen LogP contribution is 2.48. The molecule has 9 aromatic rings. The van der Waals surface area contributed by atoms with Crippen molar-refractivity contribution in [3.8, 4) is 22.3 Å². The molecule has 0 fully saturated rings. The van der Waals surface area contributed by atoms with Crippen LogP contribution < -0.4 is 0 Å². The SMILES string of the molecule is [2H]c1c([2H])c([2H])c2c(-c3c4ccccc4c(-c4cccc5oc6cc7ccccc7cc6c45)c4ccccc34)c([2H])c([2H])c([2H])c2c1[2H]. The van der Waals surface area contributed by atoms with Crippen molar-refractivity contribution in [3.05, 3.63) is 145 Å². The van der Waals surface area contributed by atoms with Gasteiger partial charge in [-0.15, -0.1) is 0 Å². The predicted octanol–water partition coefficient (Wildman–Crippen LogP) is 11.5. The fraction of sp³-hybridized carbons (Fsp3) is 0. The molecule has 0 unspecified atom stereocenters. The van der Waals surface area contributed by atoms with Gasteiger partial charge < -0.3 is 4.42 Å². The van der Waals surface area contributed by atoms with Crippen molar-refractivity contribution in [2.75, 3.05) is 0 Å². The Morgan fingerprint density at radius 1 is 0.415 bits per heavy atom. The molecular formula is C40H24O. The molecule has 0 aliphatic rings. The smallest absolute Gasteiger partial charge is 0.136 e. The zero-order valence-corrected chi connectivity index (χ0v) is 21.7. The summed E-state index contributed by atoms with van der Waals surface area (Å²) < 4.78 is 67.5. The highest BCUT2D eigenvalue weighted by molar-refractivity contribution is 6.27. The number of hydrogen-bond donors (Lipinski definition) is 0. The predicted molar refractivity (Wildman–Crippen MR) is 175 cm³/mol. The zero-order chi connectivity index (χ0) is 33.0. The van der Waals surface area contributed by atoms with E-state index in [1.165, 1.54) is 0 Å². The van der Waals surface area contributed by atoms with Gasteiger partial charge in [-0.3, -0.25) is 0 Å². The molecule has 0 amide bonds. The van der Waals surface area contributed by atoms with Crippen molar-refractivity contribution in [2.24, 2.45) is 0 Å². The third-order valence-corrected chi connectivity index (χ3v) is 8.13. The van der Waals surface area contributed by atoms with Gasteiger partial charge in [0.1, 0.15) is 11.2 Å². The average molecular weight is 528 g/mol. The van der Waals surface area contributed by atoms with Crippen LogP contribution in [0.4, 0.5) is 0 Å². The number of fused-ring (bicyclic) bond motifs is 7. The Morgan fingerprint density at radius 2 is 1.02 bits per heavy atom. The van der Waals surface area contributed by atoms with Gasteiger partial charge in [0.2, 0.25) is 0 Å². The molecule has 1 aromatic heterocycles. The van der Waals surface area contributed by atoms with Gasteiger partial charge in [0.15, 0.2) is 0 Å². The second-order valence-corrected chi connectivity index (χ2v) is 10.3. The molecule has 41 heavy (non-hydrogen) atoms. The summed E-state index contributed by atoms with van der Waals surface area (Å²) in [7, 11) is 0. The second-order valence-electron chi connectivity index (χ2n) is 10.3. The Bertz CT molecular complexity index is 2810. The third kappa shape index (κ3) is 3.24. The van der Waals surface area contributed by atoms with Crippen molar-refractivity contribution in [3.63, 3.8) is 0 Å². The van der Waals surface area contributed by atoms with Crippen LogP contribution in [0.2, 0.25) is 0 Å². The summed E-state index contributed by atoms with van der Waals surface area (Å²) in [6.07, 6.45) is 0. The summed E-state index contributed by atoms with van der Waals surface area (Å²) in [4.78, 5) is 0. The molecule has 1 heterocycles. The largest absolute Gasteiger partial charge is 0.456 e. The molecular weight excluding hydrogens is 496 g/mol. The molecule has 1 nitrogen and oxygen atoms in total. The molecule has 0 bridgehead atoms. The Hall–Kier alpha value is -5.40. The molecule has 0 saturated carbocycles. The molecule has 9 rings (SSSR count). The van der Waals surface area contributed by atoms with Gasteiger partial charge in [0.05, 0.1) is 9.60 Å². The molecule has 0 aliphatic carbocycles. The minimum Gasteiger partial charge on any atom is -0.456 e. The van der Waals surface area contributed by atoms with E-state index in [9.17, 15) is 1.37 Å². The van der Waals surface area contributed by atoms with Gasteiger partial charge in [0.25, 0.3) is 0 Å². The van der Waals surface area contributed by atoms with Crippen LogP contribution in [0.1, 0.15) is 9.60 Å². The van der Waals surface area contributed by atoms with E-state index in [2.05, 4.69) is 30.3 Å². The van der Waals surface area contributed by atoms with E-state index in [1.807, 2.05) is 72.8 Å². The Labute approximate surface area is 246 Å². The molecule has 190 valence electrons. The van der Waals surface area contributed by atoms with Gasteiger partial charge in [-0.25, -0.2) is 0 Å². The first kappa shape index (κ1) is 16.6. The van der Waals surface area contributed by atoms with Crippen LogP contribution in [0.3, 0.4) is 0 Å². The molecule has 8 aromatic carbocycles. The topological polar surface area (TPSA) is 13.1 Å². The van der Waals surface area contributed by atoms with E-state index in [0.29, 0.717) is 5.56 Å². The van der Waals surface area contributed by atoms with E-state index in [-0.39, 0.29) is 46.5 Å². The third-order valence-electron chi connectivity index (χ3n) is 8.13. The lowest BCUT2D eigenvalue weighted by atomic mass is 9.84. The van der Waals surface area contributed by atoms with Gasteiger partial charge in [0, 0.05) is 10.8 Å². The molecule has 0 aliphatic heterocycles. The maximum absolute atomic E-state index is 9.19. The zero-order valence-electron chi connectivity index (χ0n) is 28.7. The molecule has 0 N–H and O–H groups in total. The number of rotatable bonds is 2. The maximum atomic E-state index is 9.19. The highest BCUT2D eigenvalue weighted by atomic mass is 16.3. The highest BCUT2D eigenvalue weighted by Gasteiger charge is 2.21. The molecule has 0 radical (unpaired) electrons. The van der Waals surface area contributed by atoms with Gasteiger partial charge in [-0.1, -0.05) is 127 Å². The van der Waals surface area contributed by atoms with Crippen LogP contribution >= 0.6 is 0 Å². The van der Waals surface area contributed by atoms with Crippen molar-refractivity contribution in [1.82, 2.24) is 0 Å². The number of hydrogen-bond acceptors (Lipinski definition) is 1. The van der Waals surface area contributed by atoms with E-state index < -0.39 is 12.1 Å². The number of furan rings is 1. The fourth-order valence-electron chi connectivity index (χ4n) is 6.41. The van der Waals surface area contributed by atoms with Crippen LogP contribution in [0.15, 0.2) is 150 Å². The van der Waals surface area contributed by atoms with Crippen molar-refractivity contribution in [2.45, 2.75) is 0 Å². The molecule has 1 heteroatoms. The Morgan fingerprint density at radius 3 is 1.76 bits per heavy atom. The van der Waals surface area contributed by atoms with E-state index in [1.54, 1.807) is 0 Å². The van der Waals surface area contributed by atoms with Crippen molar-refractivity contribution in [1.29, 1.82) is 0 Å². The minimum absolute atomic E-state index is 0.0592. The van der Waals surface area contributed by atoms with E-state index >= 15 is 0 Å². The van der Waals surface area contributed by atoms with Gasteiger partial charge >= 0.3 is 0 Å². The van der Waals surface area contributed by atoms with Gasteiger partial charge in [-0.05, 0) is 83.5 Å². The summed E-state index contributed by atoms with van der Waals surface area (Å²) in [6.45, 7) is 0. The second kappa shape index (κ2) is 8.55. The lowest BCUT2D eigenvalue weighted by molar-refractivity contribution is 0.669. The lowest BCUT2D eigenvalue weighted by Gasteiger charge is -2.19. The van der Waals surface area contributed by atoms with Crippen LogP contribution in [-0.2, 0) is 0 Å². The first-order valence-electron chi connectivity index (χ1n) is 17.0. The van der Waals surface area contributed by atoms with E-state index in [0.717, 1.165) is 65.4 Å². The molecule has 0 spiro atoms. The lowest BCUT2D eigenvalue weighted by Crippen LogP contribution is -1.92. The number of benzene rings is 8. The quantitative estimate of drug-likeness (QED) is 0.204. The monoisotopic (exact) mass is 527 g/mol. The average Bonchev–Trinajstić information content (AvgIpc) is 3.48.